The minimum Gasteiger partial charge on any atom is -0.354 e. The summed E-state index contributed by atoms with van der Waals surface area (Å²) < 4.78 is 0. The molecule has 0 radical (unpaired) electrons. The number of halogens is 1. The Hall–Kier alpha value is -1.20. The Balaban J connectivity index is 0.00000220. The lowest BCUT2D eigenvalue weighted by molar-refractivity contribution is -0.126. The lowest BCUT2D eigenvalue weighted by Crippen LogP contribution is -2.51. The Morgan fingerprint density at radius 2 is 2.05 bits per heavy atom. The first kappa shape index (κ1) is 17.9. The number of nitrogens with zero attached hydrogens (tertiary/aromatic N) is 2. The fourth-order valence-electron chi connectivity index (χ4n) is 2.20. The van der Waals surface area contributed by atoms with Gasteiger partial charge in [-0.25, -0.2) is 9.97 Å². The highest BCUT2D eigenvalue weighted by atomic mass is 35.5. The largest absolute Gasteiger partial charge is 0.354 e. The summed E-state index contributed by atoms with van der Waals surface area (Å²) >= 11 is 0. The predicted molar refractivity (Wildman–Crippen MR) is 85.5 cm³/mol. The summed E-state index contributed by atoms with van der Waals surface area (Å²) in [6.45, 7) is 4.37. The SMILES string of the molecule is CCCC(C)(N)C(=O)NCCc1cnc(C2CC2)nc1.Cl. The zero-order valence-corrected chi connectivity index (χ0v) is 13.6. The van der Waals surface area contributed by atoms with Gasteiger partial charge in [0, 0.05) is 24.9 Å². The second-order valence-corrected chi connectivity index (χ2v) is 5.90. The van der Waals surface area contributed by atoms with Gasteiger partial charge in [-0.3, -0.25) is 4.79 Å². The molecule has 21 heavy (non-hydrogen) atoms. The number of aromatic nitrogens is 2. The average Bonchev–Trinajstić information content (AvgIpc) is 3.23. The fraction of sp³-hybridized carbons (Fsp3) is 0.667. The summed E-state index contributed by atoms with van der Waals surface area (Å²) in [6.07, 6.45) is 8.47. The third kappa shape index (κ3) is 5.25. The van der Waals surface area contributed by atoms with Crippen LogP contribution < -0.4 is 11.1 Å². The van der Waals surface area contributed by atoms with Gasteiger partial charge >= 0.3 is 0 Å². The van der Waals surface area contributed by atoms with Crippen molar-refractivity contribution in [3.8, 4) is 0 Å². The van der Waals surface area contributed by atoms with Crippen molar-refractivity contribution in [1.82, 2.24) is 15.3 Å². The lowest BCUT2D eigenvalue weighted by atomic mass is 9.96. The quantitative estimate of drug-likeness (QED) is 0.806. The van der Waals surface area contributed by atoms with Gasteiger partial charge in [-0.05, 0) is 38.2 Å². The maximum Gasteiger partial charge on any atom is 0.239 e. The smallest absolute Gasteiger partial charge is 0.239 e. The van der Waals surface area contributed by atoms with Crippen LogP contribution in [-0.4, -0.2) is 28.0 Å². The molecule has 5 nitrogen and oxygen atoms in total. The van der Waals surface area contributed by atoms with Crippen molar-refractivity contribution in [3.63, 3.8) is 0 Å². The molecule has 1 heterocycles. The number of amides is 1. The van der Waals surface area contributed by atoms with E-state index < -0.39 is 5.54 Å². The second-order valence-electron chi connectivity index (χ2n) is 5.90. The summed E-state index contributed by atoms with van der Waals surface area (Å²) in [7, 11) is 0. The van der Waals surface area contributed by atoms with Gasteiger partial charge in [0.2, 0.25) is 5.91 Å². The first-order chi connectivity index (χ1) is 9.53. The molecule has 1 fully saturated rings. The molecule has 1 aliphatic carbocycles. The van der Waals surface area contributed by atoms with Crippen LogP contribution >= 0.6 is 12.4 Å². The van der Waals surface area contributed by atoms with Crippen LogP contribution in [0.15, 0.2) is 12.4 Å². The number of carbonyl (C=O) groups excluding carboxylic acids is 1. The number of rotatable bonds is 7. The van der Waals surface area contributed by atoms with Crippen molar-refractivity contribution in [2.45, 2.75) is 57.4 Å². The molecule has 0 spiro atoms. The molecule has 0 bridgehead atoms. The van der Waals surface area contributed by atoms with Crippen LogP contribution in [0.1, 0.15) is 56.8 Å². The molecule has 0 aromatic carbocycles. The molecule has 1 aromatic heterocycles. The molecule has 1 saturated carbocycles. The van der Waals surface area contributed by atoms with Gasteiger partial charge in [-0.2, -0.15) is 0 Å². The fourth-order valence-corrected chi connectivity index (χ4v) is 2.20. The third-order valence-corrected chi connectivity index (χ3v) is 3.66. The van der Waals surface area contributed by atoms with Crippen molar-refractivity contribution in [1.29, 1.82) is 0 Å². The van der Waals surface area contributed by atoms with Gasteiger partial charge in [0.1, 0.15) is 5.82 Å². The molecule has 0 saturated heterocycles. The summed E-state index contributed by atoms with van der Waals surface area (Å²) in [5.74, 6) is 1.45. The number of hydrogen-bond donors (Lipinski definition) is 2. The molecule has 1 aliphatic rings. The number of nitrogens with two attached hydrogens (primary N) is 1. The highest BCUT2D eigenvalue weighted by molar-refractivity contribution is 5.85. The van der Waals surface area contributed by atoms with Crippen molar-refractivity contribution < 1.29 is 4.79 Å². The number of hydrogen-bond acceptors (Lipinski definition) is 4. The van der Waals surface area contributed by atoms with E-state index in [1.54, 1.807) is 6.92 Å². The first-order valence-corrected chi connectivity index (χ1v) is 7.41. The van der Waals surface area contributed by atoms with Crippen LogP contribution in [0.25, 0.3) is 0 Å². The van der Waals surface area contributed by atoms with E-state index in [1.165, 1.54) is 12.8 Å². The Morgan fingerprint density at radius 1 is 1.43 bits per heavy atom. The average molecular weight is 313 g/mol. The Morgan fingerprint density at radius 3 is 2.57 bits per heavy atom. The van der Waals surface area contributed by atoms with E-state index in [0.717, 1.165) is 24.2 Å². The summed E-state index contributed by atoms with van der Waals surface area (Å²) in [6, 6.07) is 0. The normalized spacial score (nSPS) is 16.7. The molecular formula is C15H25ClN4O. The van der Waals surface area contributed by atoms with E-state index in [9.17, 15) is 4.79 Å². The van der Waals surface area contributed by atoms with Crippen molar-refractivity contribution in [2.75, 3.05) is 6.54 Å². The van der Waals surface area contributed by atoms with Crippen LogP contribution in [0.4, 0.5) is 0 Å². The molecule has 3 N–H and O–H groups in total. The van der Waals surface area contributed by atoms with Gasteiger partial charge in [0.15, 0.2) is 0 Å². The maximum atomic E-state index is 11.9. The van der Waals surface area contributed by atoms with E-state index in [2.05, 4.69) is 15.3 Å². The first-order valence-electron chi connectivity index (χ1n) is 7.41. The van der Waals surface area contributed by atoms with E-state index >= 15 is 0 Å². The lowest BCUT2D eigenvalue weighted by Gasteiger charge is -2.22. The van der Waals surface area contributed by atoms with E-state index in [1.807, 2.05) is 19.3 Å². The van der Waals surface area contributed by atoms with Crippen LogP contribution in [0.3, 0.4) is 0 Å². The van der Waals surface area contributed by atoms with Crippen LogP contribution in [0.5, 0.6) is 0 Å². The highest BCUT2D eigenvalue weighted by Gasteiger charge is 2.27. The molecule has 118 valence electrons. The van der Waals surface area contributed by atoms with Crippen molar-refractivity contribution >= 4 is 18.3 Å². The van der Waals surface area contributed by atoms with Gasteiger partial charge < -0.3 is 11.1 Å². The van der Waals surface area contributed by atoms with E-state index in [4.69, 9.17) is 5.73 Å². The van der Waals surface area contributed by atoms with Gasteiger partial charge in [0.05, 0.1) is 5.54 Å². The molecule has 0 aliphatic heterocycles. The topological polar surface area (TPSA) is 80.9 Å². The monoisotopic (exact) mass is 312 g/mol. The summed E-state index contributed by atoms with van der Waals surface area (Å²) in [5.41, 5.74) is 6.24. The predicted octanol–water partition coefficient (Wildman–Crippen LogP) is 1.95. The third-order valence-electron chi connectivity index (χ3n) is 3.66. The minimum absolute atomic E-state index is 0. The van der Waals surface area contributed by atoms with E-state index in [-0.39, 0.29) is 18.3 Å². The molecule has 1 unspecified atom stereocenters. The zero-order valence-electron chi connectivity index (χ0n) is 12.8. The second kappa shape index (κ2) is 7.71. The number of nitrogens with one attached hydrogen (secondary N) is 1. The molecule has 2 rings (SSSR count). The maximum absolute atomic E-state index is 11.9. The molecule has 1 aromatic rings. The van der Waals surface area contributed by atoms with E-state index in [0.29, 0.717) is 18.9 Å². The molecule has 6 heteroatoms. The van der Waals surface area contributed by atoms with Crippen molar-refractivity contribution in [2.24, 2.45) is 5.73 Å². The highest BCUT2D eigenvalue weighted by Crippen LogP contribution is 2.37. The van der Waals surface area contributed by atoms with Gasteiger partial charge in [-0.1, -0.05) is 13.3 Å². The molecular weight excluding hydrogens is 288 g/mol. The van der Waals surface area contributed by atoms with Gasteiger partial charge in [-0.15, -0.1) is 12.4 Å². The number of carbonyl (C=O) groups is 1. The Bertz CT molecular complexity index is 457. The Labute approximate surface area is 132 Å². The standard InChI is InChI=1S/C15H24N4O.ClH/c1-3-7-15(2,16)14(20)17-8-6-11-9-18-13(19-10-11)12-4-5-12;/h9-10,12H,3-8,16H2,1-2H3,(H,17,20);1H. The Kier molecular flexibility index (Phi) is 6.55. The minimum atomic E-state index is -0.777. The molecule has 1 atom stereocenters. The molecule has 1 amide bonds. The van der Waals surface area contributed by atoms with Crippen molar-refractivity contribution in [3.05, 3.63) is 23.8 Å². The van der Waals surface area contributed by atoms with Crippen LogP contribution in [-0.2, 0) is 11.2 Å². The van der Waals surface area contributed by atoms with Crippen LogP contribution in [0, 0.1) is 0 Å². The summed E-state index contributed by atoms with van der Waals surface area (Å²) in [5, 5.41) is 2.89. The van der Waals surface area contributed by atoms with Crippen LogP contribution in [0.2, 0.25) is 0 Å². The zero-order chi connectivity index (χ0) is 14.6. The van der Waals surface area contributed by atoms with Gasteiger partial charge in [0.25, 0.3) is 0 Å². The summed E-state index contributed by atoms with van der Waals surface area (Å²) in [4.78, 5) is 20.7.